The summed E-state index contributed by atoms with van der Waals surface area (Å²) in [5, 5.41) is 0. The summed E-state index contributed by atoms with van der Waals surface area (Å²) in [7, 11) is 0. The molecule has 2 aliphatic carbocycles. The molecular formula is C18H22F3N3O5. The number of anilines is 1. The van der Waals surface area contributed by atoms with Gasteiger partial charge < -0.3 is 18.9 Å². The van der Waals surface area contributed by atoms with Crippen molar-refractivity contribution in [3.8, 4) is 0 Å². The molecule has 2 saturated carbocycles. The Hall–Kier alpha value is -1.98. The number of nitrogens with one attached hydrogen (secondary N) is 1. The molecule has 1 unspecified atom stereocenters. The molecule has 1 atom stereocenters. The van der Waals surface area contributed by atoms with Crippen LogP contribution in [0.3, 0.4) is 0 Å². The molecule has 3 fully saturated rings. The lowest BCUT2D eigenvalue weighted by Gasteiger charge is -2.24. The quantitative estimate of drug-likeness (QED) is 0.484. The minimum atomic E-state index is -2.80. The highest BCUT2D eigenvalue weighted by molar-refractivity contribution is 5.78. The van der Waals surface area contributed by atoms with E-state index in [1.807, 2.05) is 0 Å². The average molecular weight is 417 g/mol. The summed E-state index contributed by atoms with van der Waals surface area (Å²) in [6.07, 6.45) is -3.19. The van der Waals surface area contributed by atoms with E-state index in [1.54, 1.807) is 0 Å². The molecule has 1 saturated heterocycles. The van der Waals surface area contributed by atoms with Crippen molar-refractivity contribution in [2.24, 2.45) is 5.92 Å². The number of esters is 1. The van der Waals surface area contributed by atoms with E-state index < -0.39 is 30.4 Å². The number of hydrogen-bond acceptors (Lipinski definition) is 8. The number of hydrogen-bond donors (Lipinski definition) is 1. The van der Waals surface area contributed by atoms with E-state index in [0.29, 0.717) is 0 Å². The van der Waals surface area contributed by atoms with Gasteiger partial charge in [-0.1, -0.05) is 0 Å². The third-order valence-corrected chi connectivity index (χ3v) is 5.14. The van der Waals surface area contributed by atoms with Crippen molar-refractivity contribution in [2.45, 2.75) is 57.0 Å². The van der Waals surface area contributed by atoms with Gasteiger partial charge in [-0.15, -0.1) is 4.48 Å². The number of halogens is 3. The van der Waals surface area contributed by atoms with Crippen LogP contribution in [0.25, 0.3) is 0 Å². The molecule has 0 radical (unpaired) electrons. The molecule has 29 heavy (non-hydrogen) atoms. The molecule has 160 valence electrons. The Labute approximate surface area is 165 Å². The Morgan fingerprint density at radius 3 is 2.52 bits per heavy atom. The topological polar surface area (TPSA) is 91.8 Å². The lowest BCUT2D eigenvalue weighted by molar-refractivity contribution is -0.176. The summed E-state index contributed by atoms with van der Waals surface area (Å²) in [6, 6.07) is 0. The molecule has 3 aliphatic rings. The highest BCUT2D eigenvalue weighted by atomic mass is 19.3. The van der Waals surface area contributed by atoms with E-state index in [0.717, 1.165) is 12.8 Å². The fraction of sp³-hybridized carbons (Fsp3) is 0.722. The van der Waals surface area contributed by atoms with Gasteiger partial charge in [-0.3, -0.25) is 0 Å². The molecular weight excluding hydrogens is 395 g/mol. The normalized spacial score (nSPS) is 22.0. The molecule has 1 N–H and O–H groups in total. The second-order valence-electron chi connectivity index (χ2n) is 7.53. The van der Waals surface area contributed by atoms with Crippen LogP contribution in [0.5, 0.6) is 0 Å². The van der Waals surface area contributed by atoms with Gasteiger partial charge >= 0.3 is 5.97 Å². The van der Waals surface area contributed by atoms with Crippen molar-refractivity contribution in [2.75, 3.05) is 25.4 Å². The van der Waals surface area contributed by atoms with Crippen LogP contribution in [-0.2, 0) is 23.7 Å². The van der Waals surface area contributed by atoms with Crippen LogP contribution >= 0.6 is 0 Å². The Bertz CT molecular complexity index is 767. The van der Waals surface area contributed by atoms with E-state index in [4.69, 9.17) is 18.9 Å². The first kappa shape index (κ1) is 20.3. The summed E-state index contributed by atoms with van der Waals surface area (Å²) in [6.45, 7) is 2.26. The van der Waals surface area contributed by atoms with Gasteiger partial charge in [0.05, 0.1) is 31.1 Å². The SMILES string of the molecule is Cc1nc(NF)c(C2OCCO2)c(C(OCC2CC2)C(=O)OC2(C(F)F)CC2)n1. The Morgan fingerprint density at radius 2 is 1.97 bits per heavy atom. The fourth-order valence-corrected chi connectivity index (χ4v) is 3.15. The van der Waals surface area contributed by atoms with E-state index in [2.05, 4.69) is 9.97 Å². The number of alkyl halides is 2. The van der Waals surface area contributed by atoms with Crippen LogP contribution < -0.4 is 5.54 Å². The summed E-state index contributed by atoms with van der Waals surface area (Å²) < 4.78 is 61.8. The van der Waals surface area contributed by atoms with Gasteiger partial charge in [0.2, 0.25) is 0 Å². The number of ether oxygens (including phenoxy) is 4. The summed E-state index contributed by atoms with van der Waals surface area (Å²) in [4.78, 5) is 21.1. The molecule has 1 aliphatic heterocycles. The van der Waals surface area contributed by atoms with Gasteiger partial charge in [0, 0.05) is 0 Å². The second-order valence-corrected chi connectivity index (χ2v) is 7.53. The third-order valence-electron chi connectivity index (χ3n) is 5.14. The molecule has 8 nitrogen and oxygen atoms in total. The molecule has 0 amide bonds. The lowest BCUT2D eigenvalue weighted by atomic mass is 10.1. The smallest absolute Gasteiger partial charge is 0.342 e. The standard InChI is InChI=1S/C18H22F3N3O5/c1-9-22-12(11(14(23-9)24-21)16-26-6-7-27-16)13(28-8-10-2-3-10)15(25)29-18(4-5-18)17(19)20/h10,13,16-17H,2-8H2,1H3,(H,22,23,24). The molecule has 1 aromatic heterocycles. The Morgan fingerprint density at radius 1 is 1.28 bits per heavy atom. The van der Waals surface area contributed by atoms with Crippen LogP contribution in [-0.4, -0.2) is 47.8 Å². The van der Waals surface area contributed by atoms with Gasteiger partial charge in [0.25, 0.3) is 6.43 Å². The summed E-state index contributed by atoms with van der Waals surface area (Å²) >= 11 is 0. The first-order valence-electron chi connectivity index (χ1n) is 9.54. The third kappa shape index (κ3) is 4.31. The molecule has 0 spiro atoms. The molecule has 1 aromatic rings. The molecule has 4 rings (SSSR count). The number of aryl methyl sites for hydroxylation is 1. The van der Waals surface area contributed by atoms with Crippen molar-refractivity contribution in [1.29, 1.82) is 0 Å². The number of aromatic nitrogens is 2. The van der Waals surface area contributed by atoms with Crippen LogP contribution in [0.4, 0.5) is 19.1 Å². The van der Waals surface area contributed by atoms with Crippen LogP contribution in [0.1, 0.15) is 55.2 Å². The first-order chi connectivity index (χ1) is 13.9. The second kappa shape index (κ2) is 8.04. The van der Waals surface area contributed by atoms with Gasteiger partial charge in [-0.2, -0.15) is 0 Å². The van der Waals surface area contributed by atoms with Crippen molar-refractivity contribution in [1.82, 2.24) is 9.97 Å². The highest BCUT2D eigenvalue weighted by Gasteiger charge is 2.56. The minimum Gasteiger partial charge on any atom is -0.451 e. The lowest BCUT2D eigenvalue weighted by Crippen LogP contribution is -2.32. The maximum Gasteiger partial charge on any atom is 0.342 e. The summed E-state index contributed by atoms with van der Waals surface area (Å²) in [5.41, 5.74) is -0.287. The predicted octanol–water partition coefficient (Wildman–Crippen LogP) is 2.94. The van der Waals surface area contributed by atoms with Gasteiger partial charge in [-0.25, -0.2) is 29.1 Å². The van der Waals surface area contributed by atoms with Crippen LogP contribution in [0, 0.1) is 12.8 Å². The zero-order chi connectivity index (χ0) is 20.6. The fourth-order valence-electron chi connectivity index (χ4n) is 3.15. The van der Waals surface area contributed by atoms with Crippen LogP contribution in [0.15, 0.2) is 0 Å². The minimum absolute atomic E-state index is 0.0136. The van der Waals surface area contributed by atoms with Gasteiger partial charge in [0.15, 0.2) is 23.8 Å². The Kier molecular flexibility index (Phi) is 5.63. The number of rotatable bonds is 9. The maximum absolute atomic E-state index is 13.5. The van der Waals surface area contributed by atoms with Gasteiger partial charge in [0.1, 0.15) is 5.82 Å². The molecule has 0 aromatic carbocycles. The maximum atomic E-state index is 13.5. The number of nitrogens with zero attached hydrogens (tertiary/aromatic N) is 2. The van der Waals surface area contributed by atoms with E-state index in [9.17, 15) is 18.1 Å². The Balaban J connectivity index is 1.69. The van der Waals surface area contributed by atoms with Crippen molar-refractivity contribution >= 4 is 11.8 Å². The van der Waals surface area contributed by atoms with Crippen molar-refractivity contribution in [3.63, 3.8) is 0 Å². The molecule has 11 heteroatoms. The molecule has 2 heterocycles. The highest BCUT2D eigenvalue weighted by Crippen LogP contribution is 2.46. The van der Waals surface area contributed by atoms with Crippen molar-refractivity contribution in [3.05, 3.63) is 17.1 Å². The van der Waals surface area contributed by atoms with E-state index >= 15 is 0 Å². The number of carbonyl (C=O) groups excluding carboxylic acids is 1. The predicted molar refractivity (Wildman–Crippen MR) is 91.6 cm³/mol. The zero-order valence-corrected chi connectivity index (χ0v) is 15.8. The van der Waals surface area contributed by atoms with E-state index in [1.165, 1.54) is 12.5 Å². The van der Waals surface area contributed by atoms with Crippen molar-refractivity contribution < 1.29 is 37.0 Å². The molecule has 0 bridgehead atoms. The zero-order valence-electron chi connectivity index (χ0n) is 15.8. The van der Waals surface area contributed by atoms with Crippen LogP contribution in [0.2, 0.25) is 0 Å². The monoisotopic (exact) mass is 417 g/mol. The van der Waals surface area contributed by atoms with E-state index in [-0.39, 0.29) is 61.5 Å². The summed E-state index contributed by atoms with van der Waals surface area (Å²) in [5.74, 6) is -0.794. The largest absolute Gasteiger partial charge is 0.451 e. The average Bonchev–Trinajstić information content (AvgIpc) is 3.61. The first-order valence-corrected chi connectivity index (χ1v) is 9.54. The number of carbonyl (C=O) groups is 1. The van der Waals surface area contributed by atoms with Gasteiger partial charge in [-0.05, 0) is 38.5 Å².